The molecule has 0 aliphatic heterocycles. The van der Waals surface area contributed by atoms with Crippen LogP contribution < -0.4 is 5.32 Å². The Morgan fingerprint density at radius 1 is 1.40 bits per heavy atom. The van der Waals surface area contributed by atoms with Crippen molar-refractivity contribution in [3.05, 3.63) is 35.9 Å². The normalized spacial score (nSPS) is 23.6. The molecule has 1 fully saturated rings. The summed E-state index contributed by atoms with van der Waals surface area (Å²) in [5.41, 5.74) is 1.14. The third-order valence-corrected chi connectivity index (χ3v) is 5.16. The number of amides is 1. The van der Waals surface area contributed by atoms with Gasteiger partial charge in [-0.3, -0.25) is 9.00 Å². The molecule has 108 valence electrons. The molecule has 20 heavy (non-hydrogen) atoms. The van der Waals surface area contributed by atoms with Gasteiger partial charge in [-0.2, -0.15) is 0 Å². The van der Waals surface area contributed by atoms with Crippen LogP contribution in [0.25, 0.3) is 0 Å². The molecule has 0 radical (unpaired) electrons. The van der Waals surface area contributed by atoms with Gasteiger partial charge in [0, 0.05) is 23.0 Å². The van der Waals surface area contributed by atoms with Gasteiger partial charge in [0.25, 0.3) is 0 Å². The molecule has 0 aromatic heterocycles. The van der Waals surface area contributed by atoms with Gasteiger partial charge in [-0.15, -0.1) is 0 Å². The Bertz CT molecular complexity index is 531. The van der Waals surface area contributed by atoms with Gasteiger partial charge in [0.15, 0.2) is 0 Å². The number of hydrogen-bond acceptors (Lipinski definition) is 3. The Morgan fingerprint density at radius 2 is 2.05 bits per heavy atom. The summed E-state index contributed by atoms with van der Waals surface area (Å²) in [5.74, 6) is -1.37. The summed E-state index contributed by atoms with van der Waals surface area (Å²) >= 11 is 0. The molecular formula is C14H17NO4S. The monoisotopic (exact) mass is 295 g/mol. The second-order valence-electron chi connectivity index (χ2n) is 4.93. The van der Waals surface area contributed by atoms with Crippen LogP contribution in [0.5, 0.6) is 0 Å². The predicted molar refractivity (Wildman–Crippen MR) is 75.8 cm³/mol. The molecule has 0 heterocycles. The molecule has 1 aliphatic rings. The number of carbonyl (C=O) groups is 2. The summed E-state index contributed by atoms with van der Waals surface area (Å²) in [7, 11) is -1.25. The van der Waals surface area contributed by atoms with Gasteiger partial charge < -0.3 is 10.4 Å². The molecule has 1 aromatic rings. The average molecular weight is 295 g/mol. The third-order valence-electron chi connectivity index (χ3n) is 3.30. The fourth-order valence-corrected chi connectivity index (χ4v) is 3.97. The van der Waals surface area contributed by atoms with Crippen molar-refractivity contribution >= 4 is 22.7 Å². The van der Waals surface area contributed by atoms with Gasteiger partial charge in [0.2, 0.25) is 5.91 Å². The first-order chi connectivity index (χ1) is 9.49. The Labute approximate surface area is 119 Å². The van der Waals surface area contributed by atoms with E-state index in [0.29, 0.717) is 0 Å². The summed E-state index contributed by atoms with van der Waals surface area (Å²) in [4.78, 5) is 22.0. The number of aliphatic carboxylic acids is 1. The number of carboxylic acids is 1. The zero-order chi connectivity index (χ0) is 14.7. The minimum atomic E-state index is -1.25. The molecule has 2 N–H and O–H groups in total. The van der Waals surface area contributed by atoms with E-state index >= 15 is 0 Å². The molecule has 2 rings (SSSR count). The molecule has 6 heteroatoms. The first-order valence-electron chi connectivity index (χ1n) is 6.41. The van der Waals surface area contributed by atoms with Crippen molar-refractivity contribution in [2.75, 3.05) is 5.75 Å². The quantitative estimate of drug-likeness (QED) is 0.816. The van der Waals surface area contributed by atoms with Crippen LogP contribution in [0, 0.1) is 0 Å². The molecule has 5 nitrogen and oxygen atoms in total. The number of carbonyl (C=O) groups excluding carboxylic acids is 1. The van der Waals surface area contributed by atoms with Gasteiger partial charge in [-0.25, -0.2) is 4.79 Å². The second kappa shape index (κ2) is 6.17. The van der Waals surface area contributed by atoms with Crippen molar-refractivity contribution < 1.29 is 18.9 Å². The van der Waals surface area contributed by atoms with E-state index in [1.807, 2.05) is 30.3 Å². The molecular weight excluding hydrogens is 278 g/mol. The van der Waals surface area contributed by atoms with Gasteiger partial charge >= 0.3 is 5.97 Å². The van der Waals surface area contributed by atoms with Crippen LogP contribution in [0.3, 0.4) is 0 Å². The summed E-state index contributed by atoms with van der Waals surface area (Å²) in [6, 6.07) is 8.70. The molecule has 0 saturated heterocycles. The second-order valence-corrected chi connectivity index (χ2v) is 6.63. The van der Waals surface area contributed by atoms with E-state index in [2.05, 4.69) is 5.32 Å². The summed E-state index contributed by atoms with van der Waals surface area (Å²) in [6.45, 7) is 1.25. The van der Waals surface area contributed by atoms with Crippen molar-refractivity contribution in [2.24, 2.45) is 0 Å². The van der Waals surface area contributed by atoms with Gasteiger partial charge in [0.1, 0.15) is 6.04 Å². The Balaban J connectivity index is 1.93. The number of rotatable bonds is 6. The smallest absolute Gasteiger partial charge is 0.327 e. The highest BCUT2D eigenvalue weighted by molar-refractivity contribution is 7.86. The Kier molecular flexibility index (Phi) is 4.54. The SMILES string of the molecule is CC(=O)N[C@@H](CS(=O)C1CC1c1ccccc1)C(=O)O. The summed E-state index contributed by atoms with van der Waals surface area (Å²) in [5, 5.41) is 11.3. The zero-order valence-electron chi connectivity index (χ0n) is 11.1. The molecule has 3 unspecified atom stereocenters. The van der Waals surface area contributed by atoms with Crippen LogP contribution >= 0.6 is 0 Å². The molecule has 0 bridgehead atoms. The van der Waals surface area contributed by atoms with Crippen LogP contribution in [-0.2, 0) is 20.4 Å². The van der Waals surface area contributed by atoms with E-state index in [9.17, 15) is 13.8 Å². The van der Waals surface area contributed by atoms with Crippen molar-refractivity contribution in [3.8, 4) is 0 Å². The highest BCUT2D eigenvalue weighted by Gasteiger charge is 2.43. The molecule has 0 spiro atoms. The van der Waals surface area contributed by atoms with Crippen molar-refractivity contribution in [2.45, 2.75) is 30.6 Å². The fourth-order valence-electron chi connectivity index (χ4n) is 2.22. The van der Waals surface area contributed by atoms with Gasteiger partial charge in [0.05, 0.1) is 5.75 Å². The maximum atomic E-state index is 12.2. The van der Waals surface area contributed by atoms with Crippen LogP contribution in [0.15, 0.2) is 30.3 Å². The number of hydrogen-bond donors (Lipinski definition) is 2. The third kappa shape index (κ3) is 3.66. The maximum absolute atomic E-state index is 12.2. The van der Waals surface area contributed by atoms with Crippen LogP contribution in [-0.4, -0.2) is 38.2 Å². The Morgan fingerprint density at radius 3 is 2.60 bits per heavy atom. The lowest BCUT2D eigenvalue weighted by Crippen LogP contribution is -2.43. The lowest BCUT2D eigenvalue weighted by molar-refractivity contribution is -0.140. The molecule has 1 aliphatic carbocycles. The van der Waals surface area contributed by atoms with E-state index in [-0.39, 0.29) is 16.9 Å². The van der Waals surface area contributed by atoms with E-state index in [0.717, 1.165) is 12.0 Å². The van der Waals surface area contributed by atoms with Crippen LogP contribution in [0.1, 0.15) is 24.8 Å². The van der Waals surface area contributed by atoms with E-state index in [1.165, 1.54) is 6.92 Å². The highest BCUT2D eigenvalue weighted by Crippen LogP contribution is 2.44. The highest BCUT2D eigenvalue weighted by atomic mass is 32.2. The largest absolute Gasteiger partial charge is 0.480 e. The minimum absolute atomic E-state index is 0.00647. The van der Waals surface area contributed by atoms with Gasteiger partial charge in [-0.05, 0) is 17.9 Å². The number of benzene rings is 1. The van der Waals surface area contributed by atoms with Crippen LogP contribution in [0.4, 0.5) is 0 Å². The minimum Gasteiger partial charge on any atom is -0.480 e. The standard InChI is InChI=1S/C14H17NO4S/c1-9(16)15-12(14(17)18)8-20(19)13-7-11(13)10-5-3-2-4-6-10/h2-6,11-13H,7-8H2,1H3,(H,15,16)(H,17,18)/t11?,12-,13?,20?/m0/s1. The van der Waals surface area contributed by atoms with E-state index < -0.39 is 28.7 Å². The molecule has 1 saturated carbocycles. The average Bonchev–Trinajstić information content (AvgIpc) is 3.18. The number of nitrogens with one attached hydrogen (secondary N) is 1. The maximum Gasteiger partial charge on any atom is 0.327 e. The lowest BCUT2D eigenvalue weighted by Gasteiger charge is -2.12. The lowest BCUT2D eigenvalue weighted by atomic mass is 10.1. The van der Waals surface area contributed by atoms with Gasteiger partial charge in [-0.1, -0.05) is 30.3 Å². The van der Waals surface area contributed by atoms with E-state index in [1.54, 1.807) is 0 Å². The van der Waals surface area contributed by atoms with Crippen LogP contribution in [0.2, 0.25) is 0 Å². The van der Waals surface area contributed by atoms with Crippen molar-refractivity contribution in [1.82, 2.24) is 5.32 Å². The first kappa shape index (κ1) is 14.7. The van der Waals surface area contributed by atoms with Crippen molar-refractivity contribution in [1.29, 1.82) is 0 Å². The number of carboxylic acid groups (broad SMARTS) is 1. The molecule has 1 amide bonds. The summed E-state index contributed by atoms with van der Waals surface area (Å²) < 4.78 is 12.2. The topological polar surface area (TPSA) is 83.5 Å². The predicted octanol–water partition coefficient (Wildman–Crippen LogP) is 0.880. The summed E-state index contributed by atoms with van der Waals surface area (Å²) in [6.07, 6.45) is 0.809. The first-order valence-corrected chi connectivity index (χ1v) is 7.79. The molecule has 1 aromatic carbocycles. The zero-order valence-corrected chi connectivity index (χ0v) is 11.9. The Hall–Kier alpha value is -1.69. The fraction of sp³-hybridized carbons (Fsp3) is 0.429. The van der Waals surface area contributed by atoms with E-state index in [4.69, 9.17) is 5.11 Å². The molecule has 4 atom stereocenters. The van der Waals surface area contributed by atoms with Crippen molar-refractivity contribution in [3.63, 3.8) is 0 Å².